The monoisotopic (exact) mass is 279 g/mol. The van der Waals surface area contributed by atoms with Crippen LogP contribution >= 0.6 is 0 Å². The third-order valence-electron chi connectivity index (χ3n) is 4.19. The molecule has 0 saturated heterocycles. The Bertz CT molecular complexity index is 558. The molecule has 0 bridgehead atoms. The number of rotatable bonds is 3. The lowest BCUT2D eigenvalue weighted by Crippen LogP contribution is -2.47. The summed E-state index contributed by atoms with van der Waals surface area (Å²) >= 11 is 0. The number of halogens is 1. The summed E-state index contributed by atoms with van der Waals surface area (Å²) < 4.78 is 13.5. The molecule has 0 spiro atoms. The van der Waals surface area contributed by atoms with Gasteiger partial charge in [0.25, 0.3) is 5.91 Å². The van der Waals surface area contributed by atoms with Crippen LogP contribution < -0.4 is 5.32 Å². The van der Waals surface area contributed by atoms with Gasteiger partial charge in [-0.2, -0.15) is 0 Å². The van der Waals surface area contributed by atoms with Crippen molar-refractivity contribution < 1.29 is 19.1 Å². The molecule has 5 heteroatoms. The average Bonchev–Trinajstić information content (AvgIpc) is 2.75. The van der Waals surface area contributed by atoms with E-state index < -0.39 is 29.2 Å². The van der Waals surface area contributed by atoms with Crippen molar-refractivity contribution in [2.24, 2.45) is 5.41 Å². The standard InChI is InChI=1S/C15H18FNO3/c1-9-5-6-10(8-11(9)16)13(18)17-12-4-3-7-15(12,2)14(19)20/h5-6,8,12H,3-4,7H2,1-2H3,(H,17,18)(H,19,20). The lowest BCUT2D eigenvalue weighted by molar-refractivity contribution is -0.148. The van der Waals surface area contributed by atoms with Gasteiger partial charge in [-0.25, -0.2) is 4.39 Å². The van der Waals surface area contributed by atoms with Crippen LogP contribution in [0.15, 0.2) is 18.2 Å². The van der Waals surface area contributed by atoms with Crippen molar-refractivity contribution >= 4 is 11.9 Å². The number of carboxylic acids is 1. The van der Waals surface area contributed by atoms with Crippen molar-refractivity contribution in [3.05, 3.63) is 35.1 Å². The summed E-state index contributed by atoms with van der Waals surface area (Å²) in [4.78, 5) is 23.4. The fraction of sp³-hybridized carbons (Fsp3) is 0.467. The third-order valence-corrected chi connectivity index (χ3v) is 4.19. The van der Waals surface area contributed by atoms with E-state index in [0.717, 1.165) is 6.42 Å². The number of aliphatic carboxylic acids is 1. The number of hydrogen-bond donors (Lipinski definition) is 2. The zero-order chi connectivity index (χ0) is 14.9. The molecule has 0 heterocycles. The van der Waals surface area contributed by atoms with E-state index in [2.05, 4.69) is 5.32 Å². The zero-order valence-electron chi connectivity index (χ0n) is 11.6. The van der Waals surface area contributed by atoms with Crippen molar-refractivity contribution in [1.82, 2.24) is 5.32 Å². The van der Waals surface area contributed by atoms with Gasteiger partial charge in [0, 0.05) is 11.6 Å². The molecule has 0 aliphatic heterocycles. The van der Waals surface area contributed by atoms with Crippen molar-refractivity contribution in [2.45, 2.75) is 39.2 Å². The average molecular weight is 279 g/mol. The molecule has 1 amide bonds. The number of carboxylic acid groups (broad SMARTS) is 1. The van der Waals surface area contributed by atoms with E-state index in [1.165, 1.54) is 12.1 Å². The van der Waals surface area contributed by atoms with E-state index in [4.69, 9.17) is 0 Å². The SMILES string of the molecule is Cc1ccc(C(=O)NC2CCCC2(C)C(=O)O)cc1F. The van der Waals surface area contributed by atoms with Gasteiger partial charge in [0.05, 0.1) is 5.41 Å². The minimum absolute atomic E-state index is 0.215. The fourth-order valence-corrected chi connectivity index (χ4v) is 2.63. The second-order valence-corrected chi connectivity index (χ2v) is 5.60. The number of carbonyl (C=O) groups excluding carboxylic acids is 1. The number of hydrogen-bond acceptors (Lipinski definition) is 2. The first kappa shape index (κ1) is 14.5. The van der Waals surface area contributed by atoms with Gasteiger partial charge in [-0.15, -0.1) is 0 Å². The second kappa shape index (κ2) is 5.23. The Kier molecular flexibility index (Phi) is 3.79. The van der Waals surface area contributed by atoms with Crippen LogP contribution in [0, 0.1) is 18.2 Å². The second-order valence-electron chi connectivity index (χ2n) is 5.60. The molecule has 1 aromatic carbocycles. The van der Waals surface area contributed by atoms with E-state index in [1.807, 2.05) is 0 Å². The molecular weight excluding hydrogens is 261 g/mol. The first-order valence-corrected chi connectivity index (χ1v) is 6.65. The van der Waals surface area contributed by atoms with Gasteiger partial charge in [0.15, 0.2) is 0 Å². The summed E-state index contributed by atoms with van der Waals surface area (Å²) in [6.45, 7) is 3.26. The number of benzene rings is 1. The van der Waals surface area contributed by atoms with Gasteiger partial charge in [0.2, 0.25) is 0 Å². The molecule has 2 unspecified atom stereocenters. The van der Waals surface area contributed by atoms with Crippen molar-refractivity contribution in [1.29, 1.82) is 0 Å². The van der Waals surface area contributed by atoms with E-state index in [0.29, 0.717) is 18.4 Å². The highest BCUT2D eigenvalue weighted by molar-refractivity contribution is 5.95. The molecule has 20 heavy (non-hydrogen) atoms. The highest BCUT2D eigenvalue weighted by Crippen LogP contribution is 2.38. The molecule has 1 saturated carbocycles. The van der Waals surface area contributed by atoms with Gasteiger partial charge in [-0.3, -0.25) is 9.59 Å². The zero-order valence-corrected chi connectivity index (χ0v) is 11.6. The predicted molar refractivity (Wildman–Crippen MR) is 72.0 cm³/mol. The van der Waals surface area contributed by atoms with Crippen molar-refractivity contribution in [3.8, 4) is 0 Å². The molecule has 4 nitrogen and oxygen atoms in total. The van der Waals surface area contributed by atoms with E-state index in [9.17, 15) is 19.1 Å². The minimum Gasteiger partial charge on any atom is -0.481 e. The van der Waals surface area contributed by atoms with Crippen LogP contribution in [0.2, 0.25) is 0 Å². The summed E-state index contributed by atoms with van der Waals surface area (Å²) in [7, 11) is 0. The number of carbonyl (C=O) groups is 2. The third kappa shape index (κ3) is 2.53. The van der Waals surface area contributed by atoms with Gasteiger partial charge >= 0.3 is 5.97 Å². The maximum absolute atomic E-state index is 13.5. The van der Waals surface area contributed by atoms with Gasteiger partial charge in [0.1, 0.15) is 5.82 Å². The van der Waals surface area contributed by atoms with Crippen LogP contribution in [-0.4, -0.2) is 23.0 Å². The molecule has 2 N–H and O–H groups in total. The molecule has 1 fully saturated rings. The smallest absolute Gasteiger partial charge is 0.311 e. The van der Waals surface area contributed by atoms with Gasteiger partial charge in [-0.1, -0.05) is 12.5 Å². The molecule has 0 aromatic heterocycles. The molecule has 108 valence electrons. The molecular formula is C15H18FNO3. The van der Waals surface area contributed by atoms with Crippen molar-refractivity contribution in [3.63, 3.8) is 0 Å². The summed E-state index contributed by atoms with van der Waals surface area (Å²) in [5.74, 6) is -1.77. The van der Waals surface area contributed by atoms with Crippen LogP contribution in [0.1, 0.15) is 42.1 Å². The van der Waals surface area contributed by atoms with Crippen LogP contribution in [0.5, 0.6) is 0 Å². The first-order chi connectivity index (χ1) is 9.34. The summed E-state index contributed by atoms with van der Waals surface area (Å²) in [6.07, 6.45) is 1.93. The maximum atomic E-state index is 13.5. The largest absolute Gasteiger partial charge is 0.481 e. The van der Waals surface area contributed by atoms with E-state index >= 15 is 0 Å². The van der Waals surface area contributed by atoms with Gasteiger partial charge in [-0.05, 0) is 44.4 Å². The fourth-order valence-electron chi connectivity index (χ4n) is 2.63. The first-order valence-electron chi connectivity index (χ1n) is 6.65. The molecule has 1 aliphatic carbocycles. The lowest BCUT2D eigenvalue weighted by atomic mass is 9.85. The highest BCUT2D eigenvalue weighted by Gasteiger charge is 2.45. The summed E-state index contributed by atoms with van der Waals surface area (Å²) in [6, 6.07) is 3.84. The normalized spacial score (nSPS) is 25.4. The van der Waals surface area contributed by atoms with Crippen LogP contribution in [-0.2, 0) is 4.79 Å². The number of amides is 1. The van der Waals surface area contributed by atoms with Crippen LogP contribution in [0.4, 0.5) is 4.39 Å². The lowest BCUT2D eigenvalue weighted by Gasteiger charge is -2.27. The molecule has 1 aromatic rings. The van der Waals surface area contributed by atoms with Gasteiger partial charge < -0.3 is 10.4 Å². The number of aryl methyl sites for hydroxylation is 1. The highest BCUT2D eigenvalue weighted by atomic mass is 19.1. The Morgan fingerprint density at radius 3 is 2.75 bits per heavy atom. The Morgan fingerprint density at radius 2 is 2.15 bits per heavy atom. The number of nitrogens with one attached hydrogen (secondary N) is 1. The van der Waals surface area contributed by atoms with Crippen LogP contribution in [0.3, 0.4) is 0 Å². The Morgan fingerprint density at radius 1 is 1.45 bits per heavy atom. The quantitative estimate of drug-likeness (QED) is 0.893. The van der Waals surface area contributed by atoms with Crippen molar-refractivity contribution in [2.75, 3.05) is 0 Å². The summed E-state index contributed by atoms with van der Waals surface area (Å²) in [5, 5.41) is 12.0. The predicted octanol–water partition coefficient (Wildman–Crippen LogP) is 2.51. The maximum Gasteiger partial charge on any atom is 0.311 e. The molecule has 1 aliphatic rings. The Labute approximate surface area is 117 Å². The Balaban J connectivity index is 2.15. The molecule has 2 rings (SSSR count). The van der Waals surface area contributed by atoms with Crippen LogP contribution in [0.25, 0.3) is 0 Å². The molecule has 0 radical (unpaired) electrons. The minimum atomic E-state index is -0.946. The summed E-state index contributed by atoms with van der Waals surface area (Å²) in [5.41, 5.74) is -0.260. The van der Waals surface area contributed by atoms with E-state index in [-0.39, 0.29) is 5.56 Å². The molecule has 2 atom stereocenters. The van der Waals surface area contributed by atoms with E-state index in [1.54, 1.807) is 19.9 Å². The Hall–Kier alpha value is -1.91. The topological polar surface area (TPSA) is 66.4 Å².